The van der Waals surface area contributed by atoms with Gasteiger partial charge in [-0.25, -0.2) is 4.98 Å². The van der Waals surface area contributed by atoms with Crippen LogP contribution in [0.15, 0.2) is 53.7 Å². The summed E-state index contributed by atoms with van der Waals surface area (Å²) in [5, 5.41) is 1.06. The molecule has 1 saturated heterocycles. The second-order valence-corrected chi connectivity index (χ2v) is 6.61. The van der Waals surface area contributed by atoms with Crippen LogP contribution in [-0.4, -0.2) is 28.1 Å². The maximum atomic E-state index is 12.8. The molecule has 114 valence electrons. The first kappa shape index (κ1) is 15.1. The van der Waals surface area contributed by atoms with Crippen LogP contribution < -0.4 is 0 Å². The minimum absolute atomic E-state index is 0.124. The number of aromatic nitrogens is 1. The molecule has 1 aromatic heterocycles. The summed E-state index contributed by atoms with van der Waals surface area (Å²) in [5.74, 6) is 1.11. The third-order valence-corrected chi connectivity index (χ3v) is 4.88. The molecule has 1 fully saturated rings. The Labute approximate surface area is 135 Å². The van der Waals surface area contributed by atoms with E-state index in [1.807, 2.05) is 47.5 Å². The molecule has 2 aromatic rings. The summed E-state index contributed by atoms with van der Waals surface area (Å²) in [6.45, 7) is 2.95. The second-order valence-electron chi connectivity index (χ2n) is 5.35. The molecule has 0 N–H and O–H groups in total. The molecule has 0 radical (unpaired) electrons. The van der Waals surface area contributed by atoms with Crippen LogP contribution in [0.3, 0.4) is 0 Å². The van der Waals surface area contributed by atoms with Crippen molar-refractivity contribution < 1.29 is 4.79 Å². The van der Waals surface area contributed by atoms with Crippen LogP contribution in [0.4, 0.5) is 0 Å². The van der Waals surface area contributed by atoms with Crippen LogP contribution in [0.5, 0.6) is 0 Å². The number of hydrogen-bond donors (Lipinski definition) is 0. The average molecular weight is 312 g/mol. The van der Waals surface area contributed by atoms with E-state index in [1.165, 1.54) is 5.56 Å². The Hall–Kier alpha value is -1.81. The van der Waals surface area contributed by atoms with E-state index in [0.29, 0.717) is 0 Å². The van der Waals surface area contributed by atoms with Gasteiger partial charge in [0.2, 0.25) is 0 Å². The van der Waals surface area contributed by atoms with Gasteiger partial charge in [0.25, 0.3) is 5.91 Å². The van der Waals surface area contributed by atoms with E-state index in [1.54, 1.807) is 11.8 Å². The number of carbonyl (C=O) groups is 1. The van der Waals surface area contributed by atoms with Crippen molar-refractivity contribution in [1.82, 2.24) is 9.88 Å². The molecular formula is C18H20N2OS. The molecule has 4 heteroatoms. The summed E-state index contributed by atoms with van der Waals surface area (Å²) < 4.78 is 0. The number of rotatable bonds is 4. The van der Waals surface area contributed by atoms with Crippen molar-refractivity contribution in [3.05, 3.63) is 59.8 Å². The Kier molecular flexibility index (Phi) is 4.78. The highest BCUT2D eigenvalue weighted by Crippen LogP contribution is 2.37. The monoisotopic (exact) mass is 312 g/mol. The lowest BCUT2D eigenvalue weighted by Gasteiger charge is -2.26. The van der Waals surface area contributed by atoms with Crippen molar-refractivity contribution in [3.8, 4) is 0 Å². The minimum atomic E-state index is 0.124. The van der Waals surface area contributed by atoms with Gasteiger partial charge in [-0.05, 0) is 36.8 Å². The Morgan fingerprint density at radius 2 is 2.09 bits per heavy atom. The van der Waals surface area contributed by atoms with Gasteiger partial charge in [-0.2, -0.15) is 0 Å². The minimum Gasteiger partial charge on any atom is -0.332 e. The standard InChI is InChI=1S/C18H20N2OS/c1-2-22-17-15(10-6-12-19-17)16-11-7-13-20(16)18(21)14-8-4-3-5-9-14/h3-6,8-10,12,16H,2,7,11,13H2,1H3/t16-/m1/s1. The molecular weight excluding hydrogens is 292 g/mol. The fourth-order valence-electron chi connectivity index (χ4n) is 2.99. The fraction of sp³-hybridized carbons (Fsp3) is 0.333. The molecule has 1 aliphatic heterocycles. The summed E-state index contributed by atoms with van der Waals surface area (Å²) >= 11 is 1.75. The lowest BCUT2D eigenvalue weighted by atomic mass is 10.1. The average Bonchev–Trinajstić information content (AvgIpc) is 3.05. The highest BCUT2D eigenvalue weighted by atomic mass is 32.2. The first-order valence-corrected chi connectivity index (χ1v) is 8.73. The largest absolute Gasteiger partial charge is 0.332 e. The number of carbonyl (C=O) groups excluding carboxylic acids is 1. The van der Waals surface area contributed by atoms with E-state index in [0.717, 1.165) is 35.7 Å². The third-order valence-electron chi connectivity index (χ3n) is 3.98. The molecule has 0 bridgehead atoms. The zero-order valence-corrected chi connectivity index (χ0v) is 13.6. The van der Waals surface area contributed by atoms with Crippen molar-refractivity contribution in [2.75, 3.05) is 12.3 Å². The zero-order valence-electron chi connectivity index (χ0n) is 12.7. The van der Waals surface area contributed by atoms with E-state index >= 15 is 0 Å². The molecule has 2 heterocycles. The van der Waals surface area contributed by atoms with Gasteiger partial charge in [-0.3, -0.25) is 4.79 Å². The van der Waals surface area contributed by atoms with E-state index in [9.17, 15) is 4.79 Å². The van der Waals surface area contributed by atoms with Gasteiger partial charge >= 0.3 is 0 Å². The van der Waals surface area contributed by atoms with Gasteiger partial charge in [0, 0.05) is 23.9 Å². The molecule has 3 nitrogen and oxygen atoms in total. The molecule has 0 saturated carbocycles. The van der Waals surface area contributed by atoms with Crippen LogP contribution in [-0.2, 0) is 0 Å². The maximum Gasteiger partial charge on any atom is 0.254 e. The van der Waals surface area contributed by atoms with Gasteiger partial charge in [-0.15, -0.1) is 11.8 Å². The predicted molar refractivity (Wildman–Crippen MR) is 90.1 cm³/mol. The molecule has 0 aliphatic carbocycles. The summed E-state index contributed by atoms with van der Waals surface area (Å²) in [5.41, 5.74) is 1.96. The number of likely N-dealkylation sites (tertiary alicyclic amines) is 1. The van der Waals surface area contributed by atoms with Crippen molar-refractivity contribution in [1.29, 1.82) is 0 Å². The quantitative estimate of drug-likeness (QED) is 0.794. The summed E-state index contributed by atoms with van der Waals surface area (Å²) in [6.07, 6.45) is 3.90. The lowest BCUT2D eigenvalue weighted by molar-refractivity contribution is 0.0733. The van der Waals surface area contributed by atoms with Crippen LogP contribution in [0.25, 0.3) is 0 Å². The van der Waals surface area contributed by atoms with E-state index < -0.39 is 0 Å². The molecule has 1 amide bonds. The van der Waals surface area contributed by atoms with E-state index in [4.69, 9.17) is 0 Å². The van der Waals surface area contributed by atoms with Gasteiger partial charge in [-0.1, -0.05) is 31.2 Å². The molecule has 3 rings (SSSR count). The Balaban J connectivity index is 1.89. The topological polar surface area (TPSA) is 33.2 Å². The summed E-state index contributed by atoms with van der Waals surface area (Å²) in [7, 11) is 0. The first-order chi connectivity index (χ1) is 10.8. The van der Waals surface area contributed by atoms with Crippen molar-refractivity contribution in [2.45, 2.75) is 30.8 Å². The smallest absolute Gasteiger partial charge is 0.254 e. The van der Waals surface area contributed by atoms with Crippen LogP contribution in [0, 0.1) is 0 Å². The summed E-state index contributed by atoms with van der Waals surface area (Å²) in [4.78, 5) is 19.3. The molecule has 0 spiro atoms. The third kappa shape index (κ3) is 3.02. The lowest BCUT2D eigenvalue weighted by Crippen LogP contribution is -2.30. The Morgan fingerprint density at radius 3 is 2.86 bits per heavy atom. The molecule has 22 heavy (non-hydrogen) atoms. The highest BCUT2D eigenvalue weighted by molar-refractivity contribution is 7.99. The number of hydrogen-bond acceptors (Lipinski definition) is 3. The maximum absolute atomic E-state index is 12.8. The number of thioether (sulfide) groups is 1. The normalized spacial score (nSPS) is 17.7. The van der Waals surface area contributed by atoms with Crippen molar-refractivity contribution in [3.63, 3.8) is 0 Å². The zero-order chi connectivity index (χ0) is 15.4. The number of pyridine rings is 1. The van der Waals surface area contributed by atoms with Crippen LogP contribution >= 0.6 is 11.8 Å². The molecule has 1 atom stereocenters. The van der Waals surface area contributed by atoms with Gasteiger partial charge in [0.05, 0.1) is 6.04 Å². The van der Waals surface area contributed by atoms with Gasteiger partial charge in [0.1, 0.15) is 5.03 Å². The number of benzene rings is 1. The molecule has 1 aliphatic rings. The van der Waals surface area contributed by atoms with E-state index in [2.05, 4.69) is 18.0 Å². The van der Waals surface area contributed by atoms with Gasteiger partial charge < -0.3 is 4.90 Å². The van der Waals surface area contributed by atoms with Crippen molar-refractivity contribution >= 4 is 17.7 Å². The number of amides is 1. The van der Waals surface area contributed by atoms with Crippen LogP contribution in [0.2, 0.25) is 0 Å². The molecule has 0 unspecified atom stereocenters. The van der Waals surface area contributed by atoms with Crippen molar-refractivity contribution in [2.24, 2.45) is 0 Å². The number of nitrogens with zero attached hydrogens (tertiary/aromatic N) is 2. The SMILES string of the molecule is CCSc1ncccc1[C@H]1CCCN1C(=O)c1ccccc1. The fourth-order valence-corrected chi connectivity index (χ4v) is 3.77. The summed E-state index contributed by atoms with van der Waals surface area (Å²) in [6, 6.07) is 13.8. The Morgan fingerprint density at radius 1 is 1.27 bits per heavy atom. The first-order valence-electron chi connectivity index (χ1n) is 7.75. The highest BCUT2D eigenvalue weighted by Gasteiger charge is 2.32. The predicted octanol–water partition coefficient (Wildman–Crippen LogP) is 4.17. The Bertz CT molecular complexity index is 645. The van der Waals surface area contributed by atoms with Crippen LogP contribution in [0.1, 0.15) is 41.7 Å². The van der Waals surface area contributed by atoms with E-state index in [-0.39, 0.29) is 11.9 Å². The van der Waals surface area contributed by atoms with Gasteiger partial charge in [0.15, 0.2) is 0 Å². The molecule has 1 aromatic carbocycles. The second kappa shape index (κ2) is 6.97.